The summed E-state index contributed by atoms with van der Waals surface area (Å²) in [7, 11) is 0. The van der Waals surface area contributed by atoms with Crippen molar-refractivity contribution in [3.8, 4) is 0 Å². The average Bonchev–Trinajstić information content (AvgIpc) is 2.70. The summed E-state index contributed by atoms with van der Waals surface area (Å²) in [6.07, 6.45) is 0. The summed E-state index contributed by atoms with van der Waals surface area (Å²) in [6.45, 7) is 5.08. The van der Waals surface area contributed by atoms with Gasteiger partial charge in [0.05, 0.1) is 4.88 Å². The Bertz CT molecular complexity index is 533. The molecule has 96 valence electrons. The lowest BCUT2D eigenvalue weighted by molar-refractivity contribution is -0.143. The molecular weight excluding hydrogens is 252 g/mol. The highest BCUT2D eigenvalue weighted by Gasteiger charge is 2.43. The Kier molecular flexibility index (Phi) is 2.98. The highest BCUT2D eigenvalue weighted by Crippen LogP contribution is 2.24. The van der Waals surface area contributed by atoms with Crippen molar-refractivity contribution < 1.29 is 14.4 Å². The Morgan fingerprint density at radius 3 is 2.61 bits per heavy atom. The van der Waals surface area contributed by atoms with Gasteiger partial charge in [0.15, 0.2) is 0 Å². The Labute approximate surface area is 109 Å². The van der Waals surface area contributed by atoms with Crippen molar-refractivity contribution >= 4 is 29.1 Å². The van der Waals surface area contributed by atoms with Gasteiger partial charge in [0.1, 0.15) is 12.1 Å². The van der Waals surface area contributed by atoms with Gasteiger partial charge in [-0.2, -0.15) is 0 Å². The molecule has 2 rings (SSSR count). The molecule has 2 heterocycles. The van der Waals surface area contributed by atoms with Crippen LogP contribution in [0.5, 0.6) is 0 Å². The van der Waals surface area contributed by atoms with Crippen LogP contribution in [0.2, 0.25) is 0 Å². The molecule has 1 aliphatic rings. The zero-order chi connectivity index (χ0) is 13.5. The van der Waals surface area contributed by atoms with Crippen LogP contribution in [0.25, 0.3) is 0 Å². The third kappa shape index (κ3) is 2.03. The van der Waals surface area contributed by atoms with Crippen LogP contribution in [0.4, 0.5) is 0 Å². The van der Waals surface area contributed by atoms with E-state index in [1.165, 1.54) is 16.2 Å². The lowest BCUT2D eigenvalue weighted by Gasteiger charge is -2.39. The second kappa shape index (κ2) is 4.20. The fourth-order valence-electron chi connectivity index (χ4n) is 1.79. The Hall–Kier alpha value is -1.69. The molecule has 0 spiro atoms. The smallest absolute Gasteiger partial charge is 0.265 e. The first-order valence-electron chi connectivity index (χ1n) is 5.55. The van der Waals surface area contributed by atoms with Crippen LogP contribution in [0.1, 0.15) is 28.4 Å². The van der Waals surface area contributed by atoms with E-state index in [-0.39, 0.29) is 12.5 Å². The molecule has 1 aromatic rings. The van der Waals surface area contributed by atoms with Crippen molar-refractivity contribution in [3.05, 3.63) is 21.9 Å². The maximum Gasteiger partial charge on any atom is 0.265 e. The van der Waals surface area contributed by atoms with E-state index in [0.717, 1.165) is 4.88 Å². The maximum absolute atomic E-state index is 12.3. The van der Waals surface area contributed by atoms with Crippen molar-refractivity contribution in [2.24, 2.45) is 0 Å². The highest BCUT2D eigenvalue weighted by atomic mass is 32.1. The van der Waals surface area contributed by atoms with E-state index >= 15 is 0 Å². The molecule has 0 bridgehead atoms. The summed E-state index contributed by atoms with van der Waals surface area (Å²) in [5.74, 6) is -1.16. The molecule has 0 aromatic carbocycles. The number of hydrogen-bond acceptors (Lipinski definition) is 4. The average molecular weight is 266 g/mol. The first-order chi connectivity index (χ1) is 8.32. The third-order valence-electron chi connectivity index (χ3n) is 2.98. The summed E-state index contributed by atoms with van der Waals surface area (Å²) in [5.41, 5.74) is -1.01. The fourth-order valence-corrected chi connectivity index (χ4v) is 2.61. The molecule has 1 aliphatic heterocycles. The molecule has 3 amide bonds. The van der Waals surface area contributed by atoms with E-state index in [2.05, 4.69) is 5.32 Å². The third-order valence-corrected chi connectivity index (χ3v) is 3.97. The molecule has 1 N–H and O–H groups in total. The van der Waals surface area contributed by atoms with E-state index in [0.29, 0.717) is 4.88 Å². The summed E-state index contributed by atoms with van der Waals surface area (Å²) < 4.78 is 0. The van der Waals surface area contributed by atoms with Crippen LogP contribution in [-0.2, 0) is 9.59 Å². The molecule has 1 saturated heterocycles. The van der Waals surface area contributed by atoms with Gasteiger partial charge in [-0.1, -0.05) is 0 Å². The number of piperazine rings is 1. The molecule has 1 fully saturated rings. The number of aryl methyl sites for hydroxylation is 1. The molecular formula is C12H14N2O3S. The lowest BCUT2D eigenvalue weighted by Crippen LogP contribution is -2.65. The van der Waals surface area contributed by atoms with Gasteiger partial charge in [0, 0.05) is 4.88 Å². The molecule has 0 saturated carbocycles. The minimum atomic E-state index is -1.01. The highest BCUT2D eigenvalue weighted by molar-refractivity contribution is 7.13. The molecule has 0 radical (unpaired) electrons. The number of carbonyl (C=O) groups excluding carboxylic acids is 3. The number of nitrogens with zero attached hydrogens (tertiary/aromatic N) is 1. The van der Waals surface area contributed by atoms with Crippen molar-refractivity contribution in [1.29, 1.82) is 0 Å². The number of rotatable bonds is 1. The predicted molar refractivity (Wildman–Crippen MR) is 67.3 cm³/mol. The SMILES string of the molecule is Cc1ccc(C(=O)N2CC(=O)NC(=O)C2(C)C)s1. The second-order valence-electron chi connectivity index (χ2n) is 4.74. The van der Waals surface area contributed by atoms with Gasteiger partial charge in [-0.25, -0.2) is 0 Å². The number of hydrogen-bond donors (Lipinski definition) is 1. The van der Waals surface area contributed by atoms with Gasteiger partial charge >= 0.3 is 0 Å². The normalized spacial score (nSPS) is 18.7. The van der Waals surface area contributed by atoms with Crippen molar-refractivity contribution in [2.75, 3.05) is 6.54 Å². The lowest BCUT2D eigenvalue weighted by atomic mass is 9.98. The molecule has 0 aliphatic carbocycles. The molecule has 1 aromatic heterocycles. The molecule has 6 heteroatoms. The standard InChI is InChI=1S/C12H14N2O3S/c1-7-4-5-8(18-7)10(16)14-6-9(15)13-11(17)12(14,2)3/h4-5H,6H2,1-3H3,(H,13,15,17). The molecule has 0 atom stereocenters. The summed E-state index contributed by atoms with van der Waals surface area (Å²) in [5, 5.41) is 2.24. The van der Waals surface area contributed by atoms with Crippen LogP contribution in [0, 0.1) is 6.92 Å². The Balaban J connectivity index is 2.33. The number of carbonyl (C=O) groups is 3. The number of imide groups is 1. The zero-order valence-corrected chi connectivity index (χ0v) is 11.3. The van der Waals surface area contributed by atoms with Crippen LogP contribution in [-0.4, -0.2) is 34.7 Å². The van der Waals surface area contributed by atoms with E-state index in [1.807, 2.05) is 13.0 Å². The fraction of sp³-hybridized carbons (Fsp3) is 0.417. The maximum atomic E-state index is 12.3. The Morgan fingerprint density at radius 1 is 1.39 bits per heavy atom. The van der Waals surface area contributed by atoms with Crippen molar-refractivity contribution in [2.45, 2.75) is 26.3 Å². The number of thiophene rings is 1. The van der Waals surface area contributed by atoms with Crippen molar-refractivity contribution in [1.82, 2.24) is 10.2 Å². The quantitative estimate of drug-likeness (QED) is 0.769. The first-order valence-corrected chi connectivity index (χ1v) is 6.36. The second-order valence-corrected chi connectivity index (χ2v) is 6.03. The van der Waals surface area contributed by atoms with Crippen LogP contribution in [0.3, 0.4) is 0 Å². The van der Waals surface area contributed by atoms with Gasteiger partial charge < -0.3 is 4.90 Å². The largest absolute Gasteiger partial charge is 0.314 e. The van der Waals surface area contributed by atoms with Crippen LogP contribution >= 0.6 is 11.3 Å². The van der Waals surface area contributed by atoms with Crippen molar-refractivity contribution in [3.63, 3.8) is 0 Å². The van der Waals surface area contributed by atoms with Gasteiger partial charge in [-0.3, -0.25) is 19.7 Å². The van der Waals surface area contributed by atoms with E-state index in [9.17, 15) is 14.4 Å². The number of nitrogens with one attached hydrogen (secondary N) is 1. The topological polar surface area (TPSA) is 66.5 Å². The number of amides is 3. The van der Waals surface area contributed by atoms with Crippen LogP contribution in [0.15, 0.2) is 12.1 Å². The summed E-state index contributed by atoms with van der Waals surface area (Å²) >= 11 is 1.36. The van der Waals surface area contributed by atoms with Gasteiger partial charge in [0.25, 0.3) is 11.8 Å². The van der Waals surface area contributed by atoms with Crippen LogP contribution < -0.4 is 5.32 Å². The van der Waals surface area contributed by atoms with E-state index in [4.69, 9.17) is 0 Å². The minimum absolute atomic E-state index is 0.0888. The first kappa shape index (κ1) is 12.8. The predicted octanol–water partition coefficient (Wildman–Crippen LogP) is 0.934. The molecule has 18 heavy (non-hydrogen) atoms. The summed E-state index contributed by atoms with van der Waals surface area (Å²) in [6, 6.07) is 3.56. The molecule has 5 nitrogen and oxygen atoms in total. The zero-order valence-electron chi connectivity index (χ0n) is 10.4. The van der Waals surface area contributed by atoms with Gasteiger partial charge in [-0.05, 0) is 32.9 Å². The van der Waals surface area contributed by atoms with E-state index < -0.39 is 17.4 Å². The van der Waals surface area contributed by atoms with Gasteiger partial charge in [0.2, 0.25) is 5.91 Å². The van der Waals surface area contributed by atoms with E-state index in [1.54, 1.807) is 19.9 Å². The summed E-state index contributed by atoms with van der Waals surface area (Å²) in [4.78, 5) is 38.4. The monoisotopic (exact) mass is 266 g/mol. The molecule has 0 unspecified atom stereocenters. The minimum Gasteiger partial charge on any atom is -0.314 e. The Morgan fingerprint density at radius 2 is 2.06 bits per heavy atom. The van der Waals surface area contributed by atoms with Gasteiger partial charge in [-0.15, -0.1) is 11.3 Å².